The van der Waals surface area contributed by atoms with Crippen molar-refractivity contribution in [2.24, 2.45) is 7.05 Å². The molecule has 2 aromatic heterocycles. The van der Waals surface area contributed by atoms with E-state index in [2.05, 4.69) is 10.3 Å². The molecule has 0 fully saturated rings. The van der Waals surface area contributed by atoms with Gasteiger partial charge in [-0.05, 0) is 48.0 Å². The minimum atomic E-state index is -0.455. The molecular weight excluding hydrogens is 409 g/mol. The third-order valence-electron chi connectivity index (χ3n) is 5.02. The summed E-state index contributed by atoms with van der Waals surface area (Å²) in [7, 11) is 3.47. The highest BCUT2D eigenvalue weighted by Gasteiger charge is 2.20. The summed E-state index contributed by atoms with van der Waals surface area (Å²) in [6.45, 7) is 0. The van der Waals surface area contributed by atoms with Crippen LogP contribution >= 0.6 is 0 Å². The van der Waals surface area contributed by atoms with Crippen LogP contribution in [0.15, 0.2) is 83.6 Å². The van der Waals surface area contributed by atoms with Crippen molar-refractivity contribution in [3.8, 4) is 17.1 Å². The van der Waals surface area contributed by atoms with Gasteiger partial charge in [0, 0.05) is 25.5 Å². The Labute approximate surface area is 185 Å². The number of halogens is 1. The van der Waals surface area contributed by atoms with Gasteiger partial charge in [0.2, 0.25) is 5.91 Å². The molecule has 0 aliphatic heterocycles. The fraction of sp³-hybridized carbons (Fsp3) is 0.120. The van der Waals surface area contributed by atoms with E-state index in [9.17, 15) is 9.18 Å². The summed E-state index contributed by atoms with van der Waals surface area (Å²) >= 11 is 0. The number of amides is 1. The molecule has 7 heteroatoms. The Kier molecular flexibility index (Phi) is 6.17. The maximum Gasteiger partial charge on any atom is 0.244 e. The van der Waals surface area contributed by atoms with Crippen molar-refractivity contribution in [3.05, 3.63) is 102 Å². The van der Waals surface area contributed by atoms with Gasteiger partial charge in [-0.25, -0.2) is 9.37 Å². The lowest BCUT2D eigenvalue weighted by Crippen LogP contribution is -2.29. The average Bonchev–Trinajstić information content (AvgIpc) is 3.45. The molecule has 2 heterocycles. The quantitative estimate of drug-likeness (QED) is 0.429. The van der Waals surface area contributed by atoms with Gasteiger partial charge >= 0.3 is 0 Å². The maximum absolute atomic E-state index is 14.0. The zero-order chi connectivity index (χ0) is 22.5. The van der Waals surface area contributed by atoms with E-state index in [-0.39, 0.29) is 11.7 Å². The molecule has 0 saturated heterocycles. The van der Waals surface area contributed by atoms with E-state index in [0.717, 1.165) is 11.3 Å². The molecule has 0 saturated carbocycles. The number of hydrogen-bond donors (Lipinski definition) is 1. The Balaban J connectivity index is 1.52. The molecule has 1 N–H and O–H groups in total. The van der Waals surface area contributed by atoms with Crippen molar-refractivity contribution < 1.29 is 18.3 Å². The third kappa shape index (κ3) is 4.62. The molecule has 1 atom stereocenters. The van der Waals surface area contributed by atoms with Crippen LogP contribution in [0.5, 0.6) is 5.75 Å². The molecule has 0 radical (unpaired) electrons. The van der Waals surface area contributed by atoms with Gasteiger partial charge in [-0.2, -0.15) is 0 Å². The molecule has 0 spiro atoms. The molecule has 162 valence electrons. The van der Waals surface area contributed by atoms with Crippen LogP contribution in [-0.4, -0.2) is 22.6 Å². The van der Waals surface area contributed by atoms with E-state index in [4.69, 9.17) is 9.15 Å². The number of aromatic nitrogens is 2. The molecule has 4 rings (SSSR count). The summed E-state index contributed by atoms with van der Waals surface area (Å²) in [6, 6.07) is 16.7. The van der Waals surface area contributed by atoms with Gasteiger partial charge in [-0.15, -0.1) is 0 Å². The largest absolute Gasteiger partial charge is 0.497 e. The predicted octanol–water partition coefficient (Wildman–Crippen LogP) is 4.75. The number of imidazole rings is 1. The first-order valence-electron chi connectivity index (χ1n) is 9.99. The fourth-order valence-corrected chi connectivity index (χ4v) is 3.35. The Morgan fingerprint density at radius 3 is 2.62 bits per heavy atom. The van der Waals surface area contributed by atoms with E-state index >= 15 is 0 Å². The van der Waals surface area contributed by atoms with E-state index in [0.29, 0.717) is 22.9 Å². The van der Waals surface area contributed by atoms with Crippen molar-refractivity contribution in [3.63, 3.8) is 0 Å². The molecule has 0 unspecified atom stereocenters. The fourth-order valence-electron chi connectivity index (χ4n) is 3.35. The topological polar surface area (TPSA) is 69.3 Å². The number of aryl methyl sites for hydroxylation is 1. The lowest BCUT2D eigenvalue weighted by atomic mass is 10.1. The molecule has 1 amide bonds. The van der Waals surface area contributed by atoms with E-state index < -0.39 is 6.04 Å². The molecule has 4 aromatic rings. The van der Waals surface area contributed by atoms with Crippen molar-refractivity contribution >= 4 is 12.0 Å². The molecule has 6 nitrogen and oxygen atoms in total. The van der Waals surface area contributed by atoms with Crippen molar-refractivity contribution in [2.75, 3.05) is 7.11 Å². The Bertz CT molecular complexity index is 1240. The highest BCUT2D eigenvalue weighted by Crippen LogP contribution is 2.26. The van der Waals surface area contributed by atoms with Gasteiger partial charge in [0.25, 0.3) is 0 Å². The Hall–Kier alpha value is -4.13. The maximum atomic E-state index is 14.0. The minimum absolute atomic E-state index is 0.322. The van der Waals surface area contributed by atoms with E-state index in [1.165, 1.54) is 12.1 Å². The zero-order valence-corrected chi connectivity index (χ0v) is 17.7. The zero-order valence-electron chi connectivity index (χ0n) is 17.7. The SMILES string of the molecule is COc1ccc([C@@H](NC(=O)/C=C\c2ccc(-c3ccccc3F)o2)c2nccn2C)cc1. The summed E-state index contributed by atoms with van der Waals surface area (Å²) in [5, 5.41) is 2.98. The molecule has 0 aliphatic carbocycles. The lowest BCUT2D eigenvalue weighted by Gasteiger charge is -2.18. The summed E-state index contributed by atoms with van der Waals surface area (Å²) in [4.78, 5) is 17.1. The van der Waals surface area contributed by atoms with Crippen LogP contribution in [0.1, 0.15) is 23.2 Å². The normalized spacial score (nSPS) is 12.1. The first kappa shape index (κ1) is 21.1. The standard InChI is InChI=1S/C25H22FN3O3/c1-29-16-15-27-25(29)24(17-7-9-18(31-2)10-8-17)28-23(30)14-12-19-11-13-22(32-19)20-5-3-4-6-21(20)26/h3-16,24H,1-2H3,(H,28,30)/b14-12-/t24-/m1/s1. The van der Waals surface area contributed by atoms with Gasteiger partial charge in [0.1, 0.15) is 35.0 Å². The number of methoxy groups -OCH3 is 1. The molecule has 32 heavy (non-hydrogen) atoms. The Morgan fingerprint density at radius 2 is 1.94 bits per heavy atom. The number of rotatable bonds is 7. The highest BCUT2D eigenvalue weighted by atomic mass is 19.1. The molecule has 0 bridgehead atoms. The van der Waals surface area contributed by atoms with Crippen LogP contribution in [0.3, 0.4) is 0 Å². The first-order valence-corrected chi connectivity index (χ1v) is 9.99. The van der Waals surface area contributed by atoms with Crippen LogP contribution in [0.2, 0.25) is 0 Å². The predicted molar refractivity (Wildman–Crippen MR) is 119 cm³/mol. The summed E-state index contributed by atoms with van der Waals surface area (Å²) in [6.07, 6.45) is 6.43. The first-order chi connectivity index (χ1) is 15.5. The van der Waals surface area contributed by atoms with Crippen molar-refractivity contribution in [1.82, 2.24) is 14.9 Å². The number of furan rings is 1. The van der Waals surface area contributed by atoms with Gasteiger partial charge in [-0.1, -0.05) is 24.3 Å². The number of hydrogen-bond acceptors (Lipinski definition) is 4. The summed E-state index contributed by atoms with van der Waals surface area (Å²) < 4.78 is 26.7. The number of carbonyl (C=O) groups is 1. The number of carbonyl (C=O) groups excluding carboxylic acids is 1. The molecular formula is C25H22FN3O3. The van der Waals surface area contributed by atoms with Gasteiger partial charge in [0.05, 0.1) is 12.7 Å². The highest BCUT2D eigenvalue weighted by molar-refractivity contribution is 5.92. The smallest absolute Gasteiger partial charge is 0.244 e. The molecule has 0 aliphatic rings. The van der Waals surface area contributed by atoms with E-state index in [1.807, 2.05) is 42.1 Å². The number of benzene rings is 2. The average molecular weight is 431 g/mol. The second kappa shape index (κ2) is 9.34. The van der Waals surface area contributed by atoms with Crippen LogP contribution < -0.4 is 10.1 Å². The van der Waals surface area contributed by atoms with E-state index in [1.54, 1.807) is 49.7 Å². The van der Waals surface area contributed by atoms with Crippen LogP contribution in [0.25, 0.3) is 17.4 Å². The van der Waals surface area contributed by atoms with Gasteiger partial charge in [-0.3, -0.25) is 4.79 Å². The Morgan fingerprint density at radius 1 is 1.16 bits per heavy atom. The van der Waals surface area contributed by atoms with Crippen LogP contribution in [-0.2, 0) is 11.8 Å². The van der Waals surface area contributed by atoms with Crippen LogP contribution in [0.4, 0.5) is 4.39 Å². The molecule has 2 aromatic carbocycles. The third-order valence-corrected chi connectivity index (χ3v) is 5.02. The minimum Gasteiger partial charge on any atom is -0.497 e. The second-order valence-corrected chi connectivity index (χ2v) is 7.13. The summed E-state index contributed by atoms with van der Waals surface area (Å²) in [5.41, 5.74) is 1.23. The monoisotopic (exact) mass is 431 g/mol. The number of nitrogens with one attached hydrogen (secondary N) is 1. The van der Waals surface area contributed by atoms with Gasteiger partial charge < -0.3 is 19.0 Å². The van der Waals surface area contributed by atoms with Crippen molar-refractivity contribution in [1.29, 1.82) is 0 Å². The van der Waals surface area contributed by atoms with Crippen molar-refractivity contribution in [2.45, 2.75) is 6.04 Å². The number of ether oxygens (including phenoxy) is 1. The van der Waals surface area contributed by atoms with Crippen LogP contribution in [0, 0.1) is 5.82 Å². The number of nitrogens with zero attached hydrogens (tertiary/aromatic N) is 2. The summed E-state index contributed by atoms with van der Waals surface area (Å²) in [5.74, 6) is 1.56. The van der Waals surface area contributed by atoms with Gasteiger partial charge in [0.15, 0.2) is 0 Å². The second-order valence-electron chi connectivity index (χ2n) is 7.13. The lowest BCUT2D eigenvalue weighted by molar-refractivity contribution is -0.117.